The molecule has 51 heavy (non-hydrogen) atoms. The molecule has 0 saturated heterocycles. The fourth-order valence-electron chi connectivity index (χ4n) is 7.11. The highest BCUT2D eigenvalue weighted by Gasteiger charge is 2.22. The molecule has 0 aliphatic rings. The first-order chi connectivity index (χ1) is 24.9. The molecule has 0 radical (unpaired) electrons. The van der Waals surface area contributed by atoms with Crippen LogP contribution < -0.4 is 9.64 Å². The predicted octanol–water partition coefficient (Wildman–Crippen LogP) is 12.2. The molecule has 0 saturated carbocycles. The van der Waals surface area contributed by atoms with Gasteiger partial charge in [-0.05, 0) is 90.0 Å². The molecule has 0 aliphatic heterocycles. The maximum atomic E-state index is 6.67. The Bertz CT molecular complexity index is 2460. The van der Waals surface area contributed by atoms with Crippen LogP contribution in [0.3, 0.4) is 0 Å². The summed E-state index contributed by atoms with van der Waals surface area (Å²) in [7, 11) is 0. The summed E-state index contributed by atoms with van der Waals surface area (Å²) in [4.78, 5) is 11.9. The molecule has 6 heteroatoms. The van der Waals surface area contributed by atoms with E-state index in [4.69, 9.17) is 14.7 Å². The minimum Gasteiger partial charge on any atom is -0.457 e. The first kappa shape index (κ1) is 32.1. The van der Waals surface area contributed by atoms with Crippen LogP contribution in [0.25, 0.3) is 33.4 Å². The van der Waals surface area contributed by atoms with Gasteiger partial charge < -0.3 is 4.74 Å². The van der Waals surface area contributed by atoms with Crippen LogP contribution in [0.4, 0.5) is 17.2 Å². The van der Waals surface area contributed by atoms with Gasteiger partial charge in [-0.3, -0.25) is 14.0 Å². The van der Waals surface area contributed by atoms with E-state index in [0.29, 0.717) is 11.8 Å². The van der Waals surface area contributed by atoms with Crippen molar-refractivity contribution in [3.63, 3.8) is 0 Å². The van der Waals surface area contributed by atoms with E-state index in [-0.39, 0.29) is 0 Å². The van der Waals surface area contributed by atoms with Gasteiger partial charge in [0.2, 0.25) is 5.95 Å². The minimum absolute atomic E-state index is 0.349. The van der Waals surface area contributed by atoms with Gasteiger partial charge in [-0.15, -0.1) is 0 Å². The number of fused-ring (bicyclic) bond motifs is 3. The highest BCUT2D eigenvalue weighted by molar-refractivity contribution is 6.09. The molecule has 3 aromatic heterocycles. The lowest BCUT2D eigenvalue weighted by atomic mass is 9.92. The van der Waals surface area contributed by atoms with Crippen molar-refractivity contribution in [1.82, 2.24) is 19.1 Å². The third kappa shape index (κ3) is 5.93. The van der Waals surface area contributed by atoms with Crippen molar-refractivity contribution in [1.29, 1.82) is 0 Å². The van der Waals surface area contributed by atoms with E-state index >= 15 is 0 Å². The second kappa shape index (κ2) is 13.3. The smallest absolute Gasteiger partial charge is 0.219 e. The third-order valence-corrected chi connectivity index (χ3v) is 9.51. The molecule has 0 atom stereocenters. The summed E-state index contributed by atoms with van der Waals surface area (Å²) in [6.45, 7) is 11.1. The summed E-state index contributed by atoms with van der Waals surface area (Å²) < 4.78 is 11.2. The Morgan fingerprint density at radius 1 is 0.588 bits per heavy atom. The van der Waals surface area contributed by atoms with Gasteiger partial charge in [-0.25, -0.2) is 9.97 Å². The Labute approximate surface area is 299 Å². The van der Waals surface area contributed by atoms with Gasteiger partial charge >= 0.3 is 0 Å². The van der Waals surface area contributed by atoms with Crippen LogP contribution in [-0.4, -0.2) is 19.1 Å². The number of aromatic nitrogens is 4. The Hall–Kier alpha value is -6.14. The van der Waals surface area contributed by atoms with E-state index in [9.17, 15) is 0 Å². The lowest BCUT2D eigenvalue weighted by Gasteiger charge is -2.25. The zero-order chi connectivity index (χ0) is 35.1. The maximum Gasteiger partial charge on any atom is 0.219 e. The van der Waals surface area contributed by atoms with Crippen LogP contribution >= 0.6 is 0 Å². The second-order valence-electron chi connectivity index (χ2n) is 13.7. The molecule has 8 rings (SSSR count). The van der Waals surface area contributed by atoms with E-state index in [1.54, 1.807) is 0 Å². The number of hydrogen-bond donors (Lipinski definition) is 0. The van der Waals surface area contributed by atoms with Gasteiger partial charge in [0.15, 0.2) is 0 Å². The minimum atomic E-state index is 0.349. The summed E-state index contributed by atoms with van der Waals surface area (Å²) in [6, 6.07) is 44.2. The zero-order valence-corrected chi connectivity index (χ0v) is 29.7. The van der Waals surface area contributed by atoms with Crippen LogP contribution in [0, 0.1) is 6.92 Å². The average molecular weight is 668 g/mol. The highest BCUT2D eigenvalue weighted by Crippen LogP contribution is 2.39. The largest absolute Gasteiger partial charge is 0.457 e. The van der Waals surface area contributed by atoms with Crippen LogP contribution in [0.2, 0.25) is 0 Å². The molecule has 0 amide bonds. The summed E-state index contributed by atoms with van der Waals surface area (Å²) in [6.07, 6.45) is 5.85. The fraction of sp³-hybridized carbons (Fsp3) is 0.156. The van der Waals surface area contributed by atoms with Gasteiger partial charge in [-0.2, -0.15) is 0 Å². The van der Waals surface area contributed by atoms with Gasteiger partial charge in [0, 0.05) is 47.2 Å². The molecule has 0 unspecified atom stereocenters. The lowest BCUT2D eigenvalue weighted by molar-refractivity contribution is 0.483. The molecule has 0 aliphatic carbocycles. The molecule has 0 spiro atoms. The second-order valence-corrected chi connectivity index (χ2v) is 13.7. The SMILES string of the molecule is Cc1ccnc(N(c2ccccc2)c2cccc(Oc3ccc4c5ccccc5n(-c5nccn5-c5c(C(C)C)cccc5C(C)C)c4c3)c2)c1. The number of anilines is 3. The molecular weight excluding hydrogens is 627 g/mol. The van der Waals surface area contributed by atoms with Crippen LogP contribution in [-0.2, 0) is 0 Å². The van der Waals surface area contributed by atoms with E-state index in [1.165, 1.54) is 22.2 Å². The first-order valence-corrected chi connectivity index (χ1v) is 17.6. The van der Waals surface area contributed by atoms with Gasteiger partial charge in [-0.1, -0.05) is 88.4 Å². The molecule has 8 aromatic rings. The van der Waals surface area contributed by atoms with Crippen LogP contribution in [0.5, 0.6) is 11.5 Å². The summed E-state index contributed by atoms with van der Waals surface area (Å²) in [5.74, 6) is 3.87. The summed E-state index contributed by atoms with van der Waals surface area (Å²) >= 11 is 0. The lowest BCUT2D eigenvalue weighted by Crippen LogP contribution is -2.11. The van der Waals surface area contributed by atoms with Crippen LogP contribution in [0.15, 0.2) is 146 Å². The van der Waals surface area contributed by atoms with Gasteiger partial charge in [0.05, 0.1) is 22.4 Å². The Balaban J connectivity index is 1.25. The van der Waals surface area contributed by atoms with Crippen molar-refractivity contribution in [3.05, 3.63) is 163 Å². The average Bonchev–Trinajstić information content (AvgIpc) is 3.74. The molecule has 0 fully saturated rings. The monoisotopic (exact) mass is 667 g/mol. The van der Waals surface area contributed by atoms with Crippen molar-refractivity contribution >= 4 is 39.0 Å². The maximum absolute atomic E-state index is 6.67. The summed E-state index contributed by atoms with van der Waals surface area (Å²) in [5.41, 5.74) is 9.05. The molecule has 252 valence electrons. The number of hydrogen-bond acceptors (Lipinski definition) is 4. The number of pyridine rings is 1. The Morgan fingerprint density at radius 2 is 1.27 bits per heavy atom. The standard InChI is InChI=1S/C45H41N5O/c1-30(2)37-18-12-19-38(31(3)4)44(37)48-26-25-47-45(48)50-41-20-10-9-17-39(41)40-22-21-36(29-42(40)50)51-35-16-11-15-34(28-35)49(33-13-7-6-8-14-33)43-27-32(5)23-24-46-43/h6-31H,1-5H3. The highest BCUT2D eigenvalue weighted by atomic mass is 16.5. The number of rotatable bonds is 9. The normalized spacial score (nSPS) is 11.6. The Kier molecular flexibility index (Phi) is 8.36. The van der Waals surface area contributed by atoms with Crippen LogP contribution in [0.1, 0.15) is 56.2 Å². The van der Waals surface area contributed by atoms with Crippen molar-refractivity contribution < 1.29 is 4.74 Å². The van der Waals surface area contributed by atoms with E-state index in [2.05, 4.69) is 146 Å². The topological polar surface area (TPSA) is 48.1 Å². The van der Waals surface area contributed by atoms with Crippen molar-refractivity contribution in [2.24, 2.45) is 0 Å². The Morgan fingerprint density at radius 3 is 2.04 bits per heavy atom. The van der Waals surface area contributed by atoms with E-state index in [1.807, 2.05) is 48.8 Å². The number of para-hydroxylation sites is 3. The first-order valence-electron chi connectivity index (χ1n) is 17.6. The number of benzene rings is 5. The van der Waals surface area contributed by atoms with Crippen molar-refractivity contribution in [2.75, 3.05) is 4.90 Å². The van der Waals surface area contributed by atoms with Gasteiger partial charge in [0.25, 0.3) is 0 Å². The van der Waals surface area contributed by atoms with Crippen molar-refractivity contribution in [2.45, 2.75) is 46.5 Å². The van der Waals surface area contributed by atoms with E-state index in [0.717, 1.165) is 56.6 Å². The fourth-order valence-corrected chi connectivity index (χ4v) is 7.11. The zero-order valence-electron chi connectivity index (χ0n) is 29.7. The van der Waals surface area contributed by atoms with Crippen molar-refractivity contribution in [3.8, 4) is 23.1 Å². The number of imidazole rings is 1. The van der Waals surface area contributed by atoms with E-state index < -0.39 is 0 Å². The molecule has 0 bridgehead atoms. The quantitative estimate of drug-likeness (QED) is 0.154. The molecule has 6 nitrogen and oxygen atoms in total. The number of ether oxygens (including phenoxy) is 1. The predicted molar refractivity (Wildman–Crippen MR) is 210 cm³/mol. The molecule has 5 aromatic carbocycles. The number of nitrogens with zero attached hydrogens (tertiary/aromatic N) is 5. The third-order valence-electron chi connectivity index (χ3n) is 9.51. The molecule has 3 heterocycles. The molecular formula is C45H41N5O. The molecule has 0 N–H and O–H groups in total. The van der Waals surface area contributed by atoms with Gasteiger partial charge in [0.1, 0.15) is 17.3 Å². The summed E-state index contributed by atoms with van der Waals surface area (Å²) in [5, 5.41) is 2.31. The number of aryl methyl sites for hydroxylation is 1.